The van der Waals surface area contributed by atoms with Crippen LogP contribution in [-0.4, -0.2) is 22.0 Å². The smallest absolute Gasteiger partial charge is 0.287 e. The zero-order valence-electron chi connectivity index (χ0n) is 16.8. The maximum absolute atomic E-state index is 12.7. The lowest BCUT2D eigenvalue weighted by Gasteiger charge is -2.08. The summed E-state index contributed by atoms with van der Waals surface area (Å²) in [7, 11) is 0. The fourth-order valence-corrected chi connectivity index (χ4v) is 3.89. The maximum Gasteiger partial charge on any atom is 0.287 e. The first-order valence-corrected chi connectivity index (χ1v) is 9.66. The molecule has 1 amide bonds. The lowest BCUT2D eigenvalue weighted by molar-refractivity contribution is 0.0926. The molecular weight excluding hydrogens is 350 g/mol. The third kappa shape index (κ3) is 3.07. The number of fused-ring (bicyclic) bond motifs is 2. The van der Waals surface area contributed by atoms with Gasteiger partial charge >= 0.3 is 0 Å². The monoisotopic (exact) mass is 375 g/mol. The third-order valence-electron chi connectivity index (χ3n) is 5.38. The van der Waals surface area contributed by atoms with Crippen LogP contribution in [0.25, 0.3) is 22.0 Å². The Labute approximate surface area is 164 Å². The van der Waals surface area contributed by atoms with Gasteiger partial charge in [-0.15, -0.1) is 0 Å². The van der Waals surface area contributed by atoms with Gasteiger partial charge < -0.3 is 14.3 Å². The van der Waals surface area contributed by atoms with Crippen LogP contribution in [0.1, 0.15) is 39.5 Å². The van der Waals surface area contributed by atoms with Crippen LogP contribution < -0.4 is 5.32 Å². The molecule has 1 N–H and O–H groups in total. The Balaban J connectivity index is 1.44. The summed E-state index contributed by atoms with van der Waals surface area (Å²) in [4.78, 5) is 17.3. The molecule has 2 heterocycles. The number of amides is 1. The first-order valence-electron chi connectivity index (χ1n) is 9.66. The third-order valence-corrected chi connectivity index (χ3v) is 5.38. The highest BCUT2D eigenvalue weighted by molar-refractivity contribution is 6.00. The number of carbonyl (C=O) groups is 1. The van der Waals surface area contributed by atoms with Gasteiger partial charge in [0.05, 0.1) is 11.0 Å². The standard InChI is InChI=1S/C23H25N3O2/c1-14-10-11-15(2)21-20(14)16(3)22(28-21)23(27)24-12-7-13-26-17(4)25-18-8-5-6-9-19(18)26/h5-6,8-11H,7,12-13H2,1-4H3,(H,24,27). The Bertz CT molecular complexity index is 1180. The van der Waals surface area contributed by atoms with Crippen molar-refractivity contribution in [1.29, 1.82) is 0 Å². The average Bonchev–Trinajstić information content (AvgIpc) is 3.19. The molecule has 0 saturated heterocycles. The van der Waals surface area contributed by atoms with Crippen molar-refractivity contribution in [2.45, 2.75) is 40.7 Å². The summed E-state index contributed by atoms with van der Waals surface area (Å²) in [6.07, 6.45) is 0.824. The molecule has 144 valence electrons. The van der Waals surface area contributed by atoms with Crippen molar-refractivity contribution in [2.24, 2.45) is 0 Å². The van der Waals surface area contributed by atoms with E-state index >= 15 is 0 Å². The van der Waals surface area contributed by atoms with Crippen LogP contribution in [0.4, 0.5) is 0 Å². The van der Waals surface area contributed by atoms with Gasteiger partial charge in [-0.05, 0) is 57.4 Å². The molecule has 0 aliphatic heterocycles. The molecule has 4 rings (SSSR count). The number of hydrogen-bond donors (Lipinski definition) is 1. The van der Waals surface area contributed by atoms with E-state index in [2.05, 4.69) is 27.0 Å². The highest BCUT2D eigenvalue weighted by Crippen LogP contribution is 2.30. The van der Waals surface area contributed by atoms with E-state index in [0.717, 1.165) is 57.5 Å². The van der Waals surface area contributed by atoms with Crippen molar-refractivity contribution in [2.75, 3.05) is 6.54 Å². The van der Waals surface area contributed by atoms with Gasteiger partial charge in [0.15, 0.2) is 5.76 Å². The fourth-order valence-electron chi connectivity index (χ4n) is 3.89. The number of aryl methyl sites for hydroxylation is 5. The van der Waals surface area contributed by atoms with Crippen LogP contribution in [-0.2, 0) is 6.54 Å². The predicted molar refractivity (Wildman–Crippen MR) is 112 cm³/mol. The Morgan fingerprint density at radius 1 is 1.07 bits per heavy atom. The highest BCUT2D eigenvalue weighted by Gasteiger charge is 2.19. The van der Waals surface area contributed by atoms with E-state index in [4.69, 9.17) is 4.42 Å². The van der Waals surface area contributed by atoms with Gasteiger partial charge in [-0.2, -0.15) is 0 Å². The minimum Gasteiger partial charge on any atom is -0.450 e. The summed E-state index contributed by atoms with van der Waals surface area (Å²) < 4.78 is 8.12. The van der Waals surface area contributed by atoms with E-state index in [1.807, 2.05) is 52.0 Å². The van der Waals surface area contributed by atoms with Crippen molar-refractivity contribution in [1.82, 2.24) is 14.9 Å². The van der Waals surface area contributed by atoms with Crippen molar-refractivity contribution in [3.63, 3.8) is 0 Å². The van der Waals surface area contributed by atoms with Crippen molar-refractivity contribution < 1.29 is 9.21 Å². The summed E-state index contributed by atoms with van der Waals surface area (Å²) in [5, 5.41) is 4.05. The van der Waals surface area contributed by atoms with E-state index < -0.39 is 0 Å². The van der Waals surface area contributed by atoms with E-state index in [1.54, 1.807) is 0 Å². The van der Waals surface area contributed by atoms with Crippen molar-refractivity contribution in [3.8, 4) is 0 Å². The van der Waals surface area contributed by atoms with Crippen LogP contribution in [0.3, 0.4) is 0 Å². The fraction of sp³-hybridized carbons (Fsp3) is 0.304. The van der Waals surface area contributed by atoms with Crippen LogP contribution in [0.2, 0.25) is 0 Å². The molecule has 2 aromatic carbocycles. The molecule has 0 radical (unpaired) electrons. The molecule has 0 atom stereocenters. The summed E-state index contributed by atoms with van der Waals surface area (Å²) in [6.45, 7) is 9.41. The van der Waals surface area contributed by atoms with Gasteiger partial charge in [0.1, 0.15) is 11.4 Å². The van der Waals surface area contributed by atoms with Crippen LogP contribution in [0.5, 0.6) is 0 Å². The molecule has 5 heteroatoms. The minimum absolute atomic E-state index is 0.153. The van der Waals surface area contributed by atoms with Gasteiger partial charge in [-0.25, -0.2) is 4.98 Å². The number of carbonyl (C=O) groups excluding carboxylic acids is 1. The highest BCUT2D eigenvalue weighted by atomic mass is 16.3. The second-order valence-electron chi connectivity index (χ2n) is 7.37. The molecule has 0 unspecified atom stereocenters. The zero-order chi connectivity index (χ0) is 19.8. The van der Waals surface area contributed by atoms with Crippen LogP contribution in [0, 0.1) is 27.7 Å². The summed E-state index contributed by atoms with van der Waals surface area (Å²) in [5.74, 6) is 1.25. The lowest BCUT2D eigenvalue weighted by Crippen LogP contribution is -2.25. The average molecular weight is 375 g/mol. The number of rotatable bonds is 5. The van der Waals surface area contributed by atoms with Gasteiger partial charge in [0.25, 0.3) is 5.91 Å². The second-order valence-corrected chi connectivity index (χ2v) is 7.37. The van der Waals surface area contributed by atoms with Gasteiger partial charge in [0.2, 0.25) is 0 Å². The molecule has 0 aliphatic rings. The molecule has 0 saturated carbocycles. The van der Waals surface area contributed by atoms with E-state index in [0.29, 0.717) is 12.3 Å². The number of para-hydroxylation sites is 2. The number of hydrogen-bond acceptors (Lipinski definition) is 3. The van der Waals surface area contributed by atoms with Crippen LogP contribution in [0.15, 0.2) is 40.8 Å². The quantitative estimate of drug-likeness (QED) is 0.508. The maximum atomic E-state index is 12.7. The number of imidazole rings is 1. The largest absolute Gasteiger partial charge is 0.450 e. The molecule has 28 heavy (non-hydrogen) atoms. The van der Waals surface area contributed by atoms with Crippen molar-refractivity contribution >= 4 is 27.9 Å². The lowest BCUT2D eigenvalue weighted by atomic mass is 10.0. The van der Waals surface area contributed by atoms with E-state index in [1.165, 1.54) is 0 Å². The first-order chi connectivity index (χ1) is 13.5. The summed E-state index contributed by atoms with van der Waals surface area (Å²) >= 11 is 0. The van der Waals surface area contributed by atoms with Crippen LogP contribution >= 0.6 is 0 Å². The number of nitrogens with one attached hydrogen (secondary N) is 1. The first kappa shape index (κ1) is 18.3. The Hall–Kier alpha value is -3.08. The normalized spacial score (nSPS) is 11.4. The number of benzene rings is 2. The van der Waals surface area contributed by atoms with E-state index in [9.17, 15) is 4.79 Å². The Kier molecular flexibility index (Phi) is 4.67. The minimum atomic E-state index is -0.153. The molecule has 0 spiro atoms. The number of nitrogens with zero attached hydrogens (tertiary/aromatic N) is 2. The summed E-state index contributed by atoms with van der Waals surface area (Å²) in [5.41, 5.74) is 6.03. The molecule has 0 fully saturated rings. The van der Waals surface area contributed by atoms with Gasteiger partial charge in [-0.1, -0.05) is 24.3 Å². The Morgan fingerprint density at radius 3 is 2.61 bits per heavy atom. The zero-order valence-corrected chi connectivity index (χ0v) is 16.8. The summed E-state index contributed by atoms with van der Waals surface area (Å²) in [6, 6.07) is 12.2. The molecule has 4 aromatic rings. The predicted octanol–water partition coefficient (Wildman–Crippen LogP) is 4.84. The van der Waals surface area contributed by atoms with E-state index in [-0.39, 0.29) is 5.91 Å². The number of furan rings is 1. The molecule has 0 bridgehead atoms. The molecule has 5 nitrogen and oxygen atoms in total. The topological polar surface area (TPSA) is 60.1 Å². The molecule has 2 aromatic heterocycles. The van der Waals surface area contributed by atoms with Crippen molar-refractivity contribution in [3.05, 3.63) is 64.7 Å². The molecular formula is C23H25N3O2. The van der Waals surface area contributed by atoms with Gasteiger partial charge in [-0.3, -0.25) is 4.79 Å². The Morgan fingerprint density at radius 2 is 1.82 bits per heavy atom. The SMILES string of the molecule is Cc1ccc(C)c2c(C)c(C(=O)NCCCn3c(C)nc4ccccc43)oc12. The second kappa shape index (κ2) is 7.15. The number of aromatic nitrogens is 2. The molecule has 0 aliphatic carbocycles. The van der Waals surface area contributed by atoms with Gasteiger partial charge in [0, 0.05) is 24.0 Å².